The van der Waals surface area contributed by atoms with Crippen molar-refractivity contribution in [3.05, 3.63) is 12.8 Å². The molecule has 2 nitrogen and oxygen atoms in total. The average molecular weight is 86.1 g/mol. The summed E-state index contributed by atoms with van der Waals surface area (Å²) >= 11 is 0. The van der Waals surface area contributed by atoms with Gasteiger partial charge in [-0.2, -0.15) is 5.15 Å². The monoisotopic (exact) mass is 86.0 g/mol. The van der Waals surface area contributed by atoms with Crippen molar-refractivity contribution in [3.8, 4) is 0 Å². The fourth-order valence-corrected chi connectivity index (χ4v) is 0.125. The van der Waals surface area contributed by atoms with Crippen molar-refractivity contribution in [2.24, 2.45) is 0 Å². The summed E-state index contributed by atoms with van der Waals surface area (Å²) in [4.78, 5) is 4.26. The number of hydrogen-bond acceptors (Lipinski definition) is 2. The summed E-state index contributed by atoms with van der Waals surface area (Å²) in [5, 5.41) is 2.20. The van der Waals surface area contributed by atoms with Crippen LogP contribution in [0.3, 0.4) is 0 Å². The zero-order chi connectivity index (χ0) is 4.12. The molecule has 3 heteroatoms. The molecule has 5 heavy (non-hydrogen) atoms. The molecule has 0 saturated carbocycles. The Labute approximate surface area is 34.3 Å². The first-order valence-corrected chi connectivity index (χ1v) is 1.60. The van der Waals surface area contributed by atoms with Crippen molar-refractivity contribution in [2.45, 2.75) is 0 Å². The summed E-state index contributed by atoms with van der Waals surface area (Å²) in [5.74, 6) is 0. The maximum atomic E-state index is 4.26. The quantitative estimate of drug-likeness (QED) is 0.284. The van der Waals surface area contributed by atoms with Gasteiger partial charge < -0.3 is 4.84 Å². The van der Waals surface area contributed by atoms with Gasteiger partial charge in [0.1, 0.15) is 6.26 Å². The van der Waals surface area contributed by atoms with Crippen LogP contribution in [-0.4, -0.2) is 10.4 Å². The van der Waals surface area contributed by atoms with E-state index >= 15 is 0 Å². The molecule has 0 fully saturated rings. The van der Waals surface area contributed by atoms with Gasteiger partial charge in [-0.25, -0.2) is 0 Å². The second-order valence-corrected chi connectivity index (χ2v) is 0.591. The molecule has 0 aliphatic carbocycles. The predicted octanol–water partition coefficient (Wildman–Crippen LogP) is -0.265. The lowest BCUT2D eigenvalue weighted by atomic mass is 11.2. The van der Waals surface area contributed by atoms with Crippen LogP contribution in [-0.2, 0) is 4.84 Å². The van der Waals surface area contributed by atoms with Crippen LogP contribution in [0.15, 0.2) is 12.8 Å². The zero-order valence-electron chi connectivity index (χ0n) is 2.69. The van der Waals surface area contributed by atoms with Gasteiger partial charge in [0.25, 0.3) is 0 Å². The highest BCUT2D eigenvalue weighted by atomic mass is 28.2. The molecule has 0 aliphatic rings. The first-order chi connectivity index (χ1) is 2.41. The predicted molar refractivity (Wildman–Crippen MR) is 20.2 cm³/mol. The van der Waals surface area contributed by atoms with Crippen molar-refractivity contribution in [2.75, 3.05) is 0 Å². The molecule has 0 amide bonds. The molecule has 0 aromatic rings. The van der Waals surface area contributed by atoms with Gasteiger partial charge in [0.05, 0.1) is 0 Å². The van der Waals surface area contributed by atoms with Gasteiger partial charge in [-0.15, -0.1) is 0 Å². The maximum absolute atomic E-state index is 4.26. The van der Waals surface area contributed by atoms with Gasteiger partial charge in [0.2, 0.25) is 0 Å². The average Bonchev–Trinajstić information content (AvgIpc) is 1.41. The second kappa shape index (κ2) is 3.72. The Bertz CT molecular complexity index is 30.8. The van der Waals surface area contributed by atoms with Crippen LogP contribution in [0.5, 0.6) is 0 Å². The fraction of sp³-hybridized carbons (Fsp3) is 0. The van der Waals surface area contributed by atoms with Crippen LogP contribution >= 0.6 is 0 Å². The Morgan fingerprint density at radius 1 is 2.00 bits per heavy atom. The summed E-state index contributed by atoms with van der Waals surface area (Å²) < 4.78 is 0. The van der Waals surface area contributed by atoms with E-state index in [0.717, 1.165) is 0 Å². The van der Waals surface area contributed by atoms with E-state index in [2.05, 4.69) is 27.0 Å². The number of rotatable bonds is 2. The van der Waals surface area contributed by atoms with Crippen molar-refractivity contribution >= 4 is 10.4 Å². The first kappa shape index (κ1) is 4.72. The summed E-state index contributed by atoms with van der Waals surface area (Å²) in [7, 11) is 2.81. The summed E-state index contributed by atoms with van der Waals surface area (Å²) in [6.07, 6.45) is 1.27. The van der Waals surface area contributed by atoms with Crippen molar-refractivity contribution in [3.63, 3.8) is 0 Å². The zero-order valence-corrected chi connectivity index (χ0v) is 3.69. The lowest BCUT2D eigenvalue weighted by molar-refractivity contribution is 0.208. The molecule has 0 aromatic heterocycles. The van der Waals surface area contributed by atoms with Crippen molar-refractivity contribution in [1.82, 2.24) is 5.15 Å². The fourth-order valence-electron chi connectivity index (χ4n) is 0.0417. The Morgan fingerprint density at radius 2 is 2.60 bits per heavy atom. The molecule has 0 aliphatic heterocycles. The molecular formula is C2H4NOSi. The molecule has 0 bridgehead atoms. The normalized spacial score (nSPS) is 6.60. The van der Waals surface area contributed by atoms with Crippen LogP contribution in [0.25, 0.3) is 0 Å². The molecule has 0 saturated heterocycles. The van der Waals surface area contributed by atoms with Crippen molar-refractivity contribution < 1.29 is 4.84 Å². The van der Waals surface area contributed by atoms with Gasteiger partial charge >= 0.3 is 0 Å². The van der Waals surface area contributed by atoms with Gasteiger partial charge in [0.15, 0.2) is 10.4 Å². The highest BCUT2D eigenvalue weighted by molar-refractivity contribution is 6.03. The minimum absolute atomic E-state index is 1.27. The number of hydrogen-bond donors (Lipinski definition) is 1. The first-order valence-electron chi connectivity index (χ1n) is 1.10. The minimum Gasteiger partial charge on any atom is -0.425 e. The molecule has 0 unspecified atom stereocenters. The molecule has 0 aromatic carbocycles. The molecular weight excluding hydrogens is 82.1 g/mol. The summed E-state index contributed by atoms with van der Waals surface area (Å²) in [6.45, 7) is 3.23. The Balaban J connectivity index is 2.40. The maximum Gasteiger partial charge on any atom is 0.196 e. The van der Waals surface area contributed by atoms with Gasteiger partial charge in [-0.1, -0.05) is 6.58 Å². The van der Waals surface area contributed by atoms with Crippen LogP contribution in [0.2, 0.25) is 0 Å². The summed E-state index contributed by atoms with van der Waals surface area (Å²) in [5.41, 5.74) is 0. The lowest BCUT2D eigenvalue weighted by Gasteiger charge is -1.86. The third-order valence-electron chi connectivity index (χ3n) is 0.142. The van der Waals surface area contributed by atoms with E-state index in [4.69, 9.17) is 0 Å². The Kier molecular flexibility index (Phi) is 3.51. The van der Waals surface area contributed by atoms with Gasteiger partial charge in [-0.05, 0) is 0 Å². The van der Waals surface area contributed by atoms with E-state index in [1.165, 1.54) is 6.26 Å². The Morgan fingerprint density at radius 3 is 2.60 bits per heavy atom. The highest BCUT2D eigenvalue weighted by Crippen LogP contribution is 1.52. The van der Waals surface area contributed by atoms with Crippen LogP contribution < -0.4 is 5.15 Å². The van der Waals surface area contributed by atoms with E-state index in [9.17, 15) is 0 Å². The van der Waals surface area contributed by atoms with E-state index < -0.39 is 0 Å². The SMILES string of the molecule is C=CON[Si]. The van der Waals surface area contributed by atoms with Gasteiger partial charge in [0, 0.05) is 0 Å². The smallest absolute Gasteiger partial charge is 0.196 e. The standard InChI is InChI=1S/C2H4NOSi/c1-2-4-3-5/h2-3H,1H2. The highest BCUT2D eigenvalue weighted by Gasteiger charge is 1.53. The molecule has 1 N–H and O–H groups in total. The molecule has 0 atom stereocenters. The van der Waals surface area contributed by atoms with Crippen LogP contribution in [0.4, 0.5) is 0 Å². The van der Waals surface area contributed by atoms with E-state index in [1.54, 1.807) is 0 Å². The minimum atomic E-state index is 1.27. The molecule has 27 valence electrons. The molecule has 0 spiro atoms. The van der Waals surface area contributed by atoms with Crippen LogP contribution in [0.1, 0.15) is 0 Å². The topological polar surface area (TPSA) is 21.3 Å². The third-order valence-corrected chi connectivity index (χ3v) is 0.260. The largest absolute Gasteiger partial charge is 0.425 e. The number of nitrogens with one attached hydrogen (secondary N) is 1. The van der Waals surface area contributed by atoms with Crippen molar-refractivity contribution in [1.29, 1.82) is 0 Å². The molecule has 0 heterocycles. The third kappa shape index (κ3) is 3.72. The van der Waals surface area contributed by atoms with E-state index in [-0.39, 0.29) is 0 Å². The second-order valence-electron chi connectivity index (χ2n) is 0.387. The lowest BCUT2D eigenvalue weighted by Crippen LogP contribution is -2.02. The van der Waals surface area contributed by atoms with E-state index in [0.29, 0.717) is 0 Å². The molecule has 3 radical (unpaired) electrons. The van der Waals surface area contributed by atoms with Crippen LogP contribution in [0, 0.1) is 0 Å². The molecule has 0 rings (SSSR count). The Hall–Kier alpha value is -0.283. The van der Waals surface area contributed by atoms with E-state index in [1.807, 2.05) is 0 Å². The van der Waals surface area contributed by atoms with Gasteiger partial charge in [-0.3, -0.25) is 0 Å². The summed E-state index contributed by atoms with van der Waals surface area (Å²) in [6, 6.07) is 0.